The lowest BCUT2D eigenvalue weighted by Crippen LogP contribution is -2.14. The van der Waals surface area contributed by atoms with Crippen LogP contribution >= 0.6 is 11.3 Å². The highest BCUT2D eigenvalue weighted by molar-refractivity contribution is 7.22. The molecule has 1 aromatic heterocycles. The van der Waals surface area contributed by atoms with Crippen molar-refractivity contribution >= 4 is 38.5 Å². The van der Waals surface area contributed by atoms with Crippen molar-refractivity contribution < 1.29 is 14.3 Å². The van der Waals surface area contributed by atoms with Gasteiger partial charge in [0.05, 0.1) is 11.8 Å². The van der Waals surface area contributed by atoms with Crippen molar-refractivity contribution in [2.75, 3.05) is 12.4 Å². The highest BCUT2D eigenvalue weighted by atomic mass is 32.1. The van der Waals surface area contributed by atoms with Crippen LogP contribution in [0.5, 0.6) is 5.75 Å². The maximum atomic E-state index is 12.2. The van der Waals surface area contributed by atoms with Gasteiger partial charge in [0, 0.05) is 11.1 Å². The number of benzene rings is 2. The van der Waals surface area contributed by atoms with Crippen LogP contribution in [0.25, 0.3) is 10.2 Å². The number of carbonyl (C=O) groups excluding carboxylic acids is 2. The predicted molar refractivity (Wildman–Crippen MR) is 89.1 cm³/mol. The number of thiazole rings is 1. The number of anilines is 1. The number of methoxy groups -OCH3 is 1. The molecule has 116 valence electrons. The molecule has 1 heterocycles. The third kappa shape index (κ3) is 3.00. The van der Waals surface area contributed by atoms with Crippen molar-refractivity contribution in [2.24, 2.45) is 5.73 Å². The smallest absolute Gasteiger partial charge is 0.257 e. The highest BCUT2D eigenvalue weighted by Crippen LogP contribution is 2.32. The fourth-order valence-corrected chi connectivity index (χ4v) is 2.98. The molecule has 0 aliphatic heterocycles. The molecule has 0 aliphatic rings. The summed E-state index contributed by atoms with van der Waals surface area (Å²) in [7, 11) is 1.58. The molecule has 7 heteroatoms. The Balaban J connectivity index is 1.83. The molecule has 0 radical (unpaired) electrons. The van der Waals surface area contributed by atoms with Crippen molar-refractivity contribution in [3.63, 3.8) is 0 Å². The summed E-state index contributed by atoms with van der Waals surface area (Å²) in [6.07, 6.45) is 0. The molecule has 3 aromatic rings. The summed E-state index contributed by atoms with van der Waals surface area (Å²) >= 11 is 1.36. The number of hydrogen-bond donors (Lipinski definition) is 2. The van der Waals surface area contributed by atoms with Gasteiger partial charge in [0.1, 0.15) is 11.3 Å². The molecule has 0 unspecified atom stereocenters. The van der Waals surface area contributed by atoms with E-state index in [1.165, 1.54) is 23.5 Å². The van der Waals surface area contributed by atoms with Crippen LogP contribution in [0.4, 0.5) is 5.13 Å². The summed E-state index contributed by atoms with van der Waals surface area (Å²) in [5, 5.41) is 3.22. The van der Waals surface area contributed by atoms with E-state index in [1.54, 1.807) is 19.2 Å². The maximum absolute atomic E-state index is 12.2. The second kappa shape index (κ2) is 6.05. The Kier molecular flexibility index (Phi) is 3.94. The number of hydrogen-bond acceptors (Lipinski definition) is 5. The van der Waals surface area contributed by atoms with E-state index >= 15 is 0 Å². The fraction of sp³-hybridized carbons (Fsp3) is 0.0625. The number of amides is 2. The second-order valence-electron chi connectivity index (χ2n) is 4.72. The van der Waals surface area contributed by atoms with Gasteiger partial charge in [-0.25, -0.2) is 4.98 Å². The Labute approximate surface area is 135 Å². The van der Waals surface area contributed by atoms with Crippen LogP contribution in [-0.4, -0.2) is 23.9 Å². The zero-order valence-electron chi connectivity index (χ0n) is 12.2. The van der Waals surface area contributed by atoms with Crippen molar-refractivity contribution in [2.45, 2.75) is 0 Å². The van der Waals surface area contributed by atoms with Crippen LogP contribution < -0.4 is 15.8 Å². The highest BCUT2D eigenvalue weighted by Gasteiger charge is 2.12. The van der Waals surface area contributed by atoms with Gasteiger partial charge in [-0.05, 0) is 36.4 Å². The first-order chi connectivity index (χ1) is 11.1. The lowest BCUT2D eigenvalue weighted by Gasteiger charge is -2.02. The molecule has 0 saturated heterocycles. The van der Waals surface area contributed by atoms with Crippen molar-refractivity contribution in [3.05, 3.63) is 53.6 Å². The van der Waals surface area contributed by atoms with Gasteiger partial charge in [-0.1, -0.05) is 17.4 Å². The van der Waals surface area contributed by atoms with E-state index in [-0.39, 0.29) is 5.91 Å². The molecule has 0 fully saturated rings. The van der Waals surface area contributed by atoms with Gasteiger partial charge < -0.3 is 10.5 Å². The minimum atomic E-state index is -0.532. The lowest BCUT2D eigenvalue weighted by molar-refractivity contribution is 0.0995. The lowest BCUT2D eigenvalue weighted by atomic mass is 10.1. The van der Waals surface area contributed by atoms with E-state index in [4.69, 9.17) is 10.5 Å². The maximum Gasteiger partial charge on any atom is 0.257 e. The molecule has 2 aromatic carbocycles. The average molecular weight is 327 g/mol. The number of rotatable bonds is 4. The number of para-hydroxylation sites is 1. The molecule has 2 amide bonds. The van der Waals surface area contributed by atoms with E-state index in [2.05, 4.69) is 10.3 Å². The molecule has 0 atom stereocenters. The normalized spacial score (nSPS) is 10.5. The third-order valence-electron chi connectivity index (χ3n) is 3.25. The quantitative estimate of drug-likeness (QED) is 0.770. The minimum absolute atomic E-state index is 0.306. The monoisotopic (exact) mass is 327 g/mol. The van der Waals surface area contributed by atoms with Crippen molar-refractivity contribution in [3.8, 4) is 5.75 Å². The summed E-state index contributed by atoms with van der Waals surface area (Å²) in [5.74, 6) is -0.181. The first kappa shape index (κ1) is 15.0. The van der Waals surface area contributed by atoms with Crippen LogP contribution in [0.3, 0.4) is 0 Å². The molecule has 6 nitrogen and oxygen atoms in total. The Hall–Kier alpha value is -2.93. The molecule has 0 bridgehead atoms. The van der Waals surface area contributed by atoms with Gasteiger partial charge in [0.15, 0.2) is 5.13 Å². The molecule has 3 N–H and O–H groups in total. The van der Waals surface area contributed by atoms with Crippen LogP contribution in [0.2, 0.25) is 0 Å². The largest absolute Gasteiger partial charge is 0.494 e. The number of fused-ring (bicyclic) bond motifs is 1. The SMILES string of the molecule is COc1cccc2sc(NC(=O)c3ccc(C(N)=O)cc3)nc12. The van der Waals surface area contributed by atoms with Crippen LogP contribution in [-0.2, 0) is 0 Å². The summed E-state index contributed by atoms with van der Waals surface area (Å²) in [6, 6.07) is 11.7. The van der Waals surface area contributed by atoms with Gasteiger partial charge in [-0.2, -0.15) is 0 Å². The first-order valence-corrected chi connectivity index (χ1v) is 7.55. The molecule has 23 heavy (non-hydrogen) atoms. The zero-order valence-corrected chi connectivity index (χ0v) is 13.0. The first-order valence-electron chi connectivity index (χ1n) is 6.73. The predicted octanol–water partition coefficient (Wildman–Crippen LogP) is 2.66. The number of primary amides is 1. The van der Waals surface area contributed by atoms with Gasteiger partial charge >= 0.3 is 0 Å². The van der Waals surface area contributed by atoms with E-state index in [1.807, 2.05) is 18.2 Å². The van der Waals surface area contributed by atoms with Crippen molar-refractivity contribution in [1.82, 2.24) is 4.98 Å². The average Bonchev–Trinajstić information content (AvgIpc) is 2.97. The number of aromatic nitrogens is 1. The molecular formula is C16H13N3O3S. The topological polar surface area (TPSA) is 94.3 Å². The number of nitrogens with one attached hydrogen (secondary N) is 1. The van der Waals surface area contributed by atoms with Gasteiger partial charge in [0.25, 0.3) is 5.91 Å². The summed E-state index contributed by atoms with van der Waals surface area (Å²) in [5.41, 5.74) is 6.65. The zero-order chi connectivity index (χ0) is 16.4. The molecule has 0 aliphatic carbocycles. The van der Waals surface area contributed by atoms with Crippen LogP contribution in [0.15, 0.2) is 42.5 Å². The van der Waals surface area contributed by atoms with E-state index in [0.29, 0.717) is 27.5 Å². The summed E-state index contributed by atoms with van der Waals surface area (Å²) in [4.78, 5) is 27.7. The van der Waals surface area contributed by atoms with E-state index in [0.717, 1.165) is 4.70 Å². The number of ether oxygens (including phenoxy) is 1. The van der Waals surface area contributed by atoms with Crippen molar-refractivity contribution in [1.29, 1.82) is 0 Å². The standard InChI is InChI=1S/C16H13N3O3S/c1-22-11-3-2-4-12-13(11)18-16(23-12)19-15(21)10-7-5-9(6-8-10)14(17)20/h2-8H,1H3,(H2,17,20)(H,18,19,21). The fourth-order valence-electron chi connectivity index (χ4n) is 2.10. The molecule has 3 rings (SSSR count). The summed E-state index contributed by atoms with van der Waals surface area (Å²) < 4.78 is 6.17. The molecular weight excluding hydrogens is 314 g/mol. The molecule has 0 saturated carbocycles. The molecule has 0 spiro atoms. The Morgan fingerprint density at radius 3 is 2.48 bits per heavy atom. The van der Waals surface area contributed by atoms with Gasteiger partial charge in [-0.3, -0.25) is 14.9 Å². The van der Waals surface area contributed by atoms with Gasteiger partial charge in [-0.15, -0.1) is 0 Å². The second-order valence-corrected chi connectivity index (χ2v) is 5.75. The van der Waals surface area contributed by atoms with E-state index in [9.17, 15) is 9.59 Å². The Bertz CT molecular complexity index is 887. The summed E-state index contributed by atoms with van der Waals surface area (Å²) in [6.45, 7) is 0. The van der Waals surface area contributed by atoms with Gasteiger partial charge in [0.2, 0.25) is 5.91 Å². The Morgan fingerprint density at radius 1 is 1.13 bits per heavy atom. The van der Waals surface area contributed by atoms with E-state index < -0.39 is 5.91 Å². The number of nitrogens with two attached hydrogens (primary N) is 1. The minimum Gasteiger partial charge on any atom is -0.494 e. The van der Waals surface area contributed by atoms with Crippen LogP contribution in [0.1, 0.15) is 20.7 Å². The third-order valence-corrected chi connectivity index (χ3v) is 4.19. The van der Waals surface area contributed by atoms with Crippen LogP contribution in [0, 0.1) is 0 Å². The number of carbonyl (C=O) groups is 2. The Morgan fingerprint density at radius 2 is 1.83 bits per heavy atom. The number of nitrogens with zero attached hydrogens (tertiary/aromatic N) is 1.